The number of nitrogens with zero attached hydrogens (tertiary/aromatic N) is 2. The molecule has 0 saturated carbocycles. The first kappa shape index (κ1) is 16.2. The molecular weight excluding hydrogens is 310 g/mol. The van der Waals surface area contributed by atoms with Crippen LogP contribution in [-0.4, -0.2) is 48.4 Å². The molecule has 0 atom stereocenters. The third-order valence-corrected chi connectivity index (χ3v) is 5.23. The Morgan fingerprint density at radius 2 is 1.76 bits per heavy atom. The molecule has 2 heterocycles. The van der Waals surface area contributed by atoms with Gasteiger partial charge < -0.3 is 10.2 Å². The monoisotopic (exact) mass is 335 g/mol. The third kappa shape index (κ3) is 3.54. The van der Waals surface area contributed by atoms with Crippen molar-refractivity contribution in [2.45, 2.75) is 19.4 Å². The lowest BCUT2D eigenvalue weighted by Crippen LogP contribution is -2.48. The summed E-state index contributed by atoms with van der Waals surface area (Å²) in [5, 5.41) is 3.42. The SMILES string of the molecule is O=C(c1cccc2c1CCCN2)N1CCN(Cc2ccccc2)CC1. The fraction of sp³-hybridized carbons (Fsp3) is 0.381. The zero-order valence-electron chi connectivity index (χ0n) is 14.6. The normalized spacial score (nSPS) is 17.7. The highest BCUT2D eigenvalue weighted by atomic mass is 16.2. The van der Waals surface area contributed by atoms with Crippen molar-refractivity contribution in [2.75, 3.05) is 38.0 Å². The van der Waals surface area contributed by atoms with E-state index in [9.17, 15) is 4.79 Å². The molecule has 0 bridgehead atoms. The van der Waals surface area contributed by atoms with Crippen molar-refractivity contribution in [3.8, 4) is 0 Å². The Morgan fingerprint density at radius 1 is 0.960 bits per heavy atom. The van der Waals surface area contributed by atoms with Gasteiger partial charge in [-0.05, 0) is 36.1 Å². The van der Waals surface area contributed by atoms with Crippen molar-refractivity contribution >= 4 is 11.6 Å². The number of hydrogen-bond acceptors (Lipinski definition) is 3. The number of carbonyl (C=O) groups is 1. The van der Waals surface area contributed by atoms with Crippen LogP contribution in [0, 0.1) is 0 Å². The van der Waals surface area contributed by atoms with Crippen LogP contribution in [0.4, 0.5) is 5.69 Å². The van der Waals surface area contributed by atoms with Gasteiger partial charge in [0.05, 0.1) is 0 Å². The summed E-state index contributed by atoms with van der Waals surface area (Å²) in [6, 6.07) is 16.6. The summed E-state index contributed by atoms with van der Waals surface area (Å²) in [5.41, 5.74) is 4.57. The summed E-state index contributed by atoms with van der Waals surface area (Å²) in [6.07, 6.45) is 2.10. The topological polar surface area (TPSA) is 35.6 Å². The molecule has 25 heavy (non-hydrogen) atoms. The second kappa shape index (κ2) is 7.28. The number of rotatable bonds is 3. The average Bonchev–Trinajstić information content (AvgIpc) is 2.68. The average molecular weight is 335 g/mol. The summed E-state index contributed by atoms with van der Waals surface area (Å²) >= 11 is 0. The van der Waals surface area contributed by atoms with E-state index in [-0.39, 0.29) is 5.91 Å². The minimum atomic E-state index is 0.194. The highest BCUT2D eigenvalue weighted by molar-refractivity contribution is 5.97. The van der Waals surface area contributed by atoms with Crippen molar-refractivity contribution in [1.82, 2.24) is 9.80 Å². The smallest absolute Gasteiger partial charge is 0.254 e. The van der Waals surface area contributed by atoms with E-state index in [0.717, 1.165) is 63.4 Å². The molecule has 1 saturated heterocycles. The number of hydrogen-bond donors (Lipinski definition) is 1. The Morgan fingerprint density at radius 3 is 2.56 bits per heavy atom. The Labute approximate surface area is 149 Å². The van der Waals surface area contributed by atoms with Gasteiger partial charge in [0.1, 0.15) is 0 Å². The maximum Gasteiger partial charge on any atom is 0.254 e. The molecule has 0 unspecified atom stereocenters. The third-order valence-electron chi connectivity index (χ3n) is 5.23. The molecule has 2 aliphatic rings. The molecule has 4 rings (SSSR count). The molecule has 0 radical (unpaired) electrons. The molecule has 2 aromatic carbocycles. The van der Waals surface area contributed by atoms with Crippen LogP contribution in [0.2, 0.25) is 0 Å². The van der Waals surface area contributed by atoms with Crippen LogP contribution in [0.5, 0.6) is 0 Å². The molecule has 1 fully saturated rings. The molecule has 130 valence electrons. The Bertz CT molecular complexity index is 736. The zero-order valence-corrected chi connectivity index (χ0v) is 14.6. The van der Waals surface area contributed by atoms with Gasteiger partial charge in [-0.3, -0.25) is 9.69 Å². The van der Waals surface area contributed by atoms with E-state index in [1.807, 2.05) is 17.0 Å². The predicted molar refractivity (Wildman–Crippen MR) is 101 cm³/mol. The minimum absolute atomic E-state index is 0.194. The second-order valence-corrected chi connectivity index (χ2v) is 6.92. The van der Waals surface area contributed by atoms with E-state index in [4.69, 9.17) is 0 Å². The van der Waals surface area contributed by atoms with Crippen molar-refractivity contribution in [2.24, 2.45) is 0 Å². The molecular formula is C21H25N3O. The molecule has 1 N–H and O–H groups in total. The number of piperazine rings is 1. The van der Waals surface area contributed by atoms with Gasteiger partial charge in [-0.15, -0.1) is 0 Å². The molecule has 0 spiro atoms. The number of nitrogens with one attached hydrogen (secondary N) is 1. The lowest BCUT2D eigenvalue weighted by Gasteiger charge is -2.35. The lowest BCUT2D eigenvalue weighted by atomic mass is 9.96. The summed E-state index contributed by atoms with van der Waals surface area (Å²) in [4.78, 5) is 17.5. The molecule has 0 aliphatic carbocycles. The van der Waals surface area contributed by atoms with Crippen LogP contribution in [0.15, 0.2) is 48.5 Å². The van der Waals surface area contributed by atoms with E-state index >= 15 is 0 Å². The van der Waals surface area contributed by atoms with Crippen LogP contribution >= 0.6 is 0 Å². The molecule has 2 aliphatic heterocycles. The number of carbonyl (C=O) groups excluding carboxylic acids is 1. The van der Waals surface area contributed by atoms with E-state index in [0.29, 0.717) is 0 Å². The van der Waals surface area contributed by atoms with Gasteiger partial charge in [0.15, 0.2) is 0 Å². The van der Waals surface area contributed by atoms with Gasteiger partial charge in [-0.25, -0.2) is 0 Å². The number of benzene rings is 2. The van der Waals surface area contributed by atoms with Crippen molar-refractivity contribution in [1.29, 1.82) is 0 Å². The van der Waals surface area contributed by atoms with Crippen LogP contribution in [0.3, 0.4) is 0 Å². The maximum atomic E-state index is 13.0. The first-order valence-corrected chi connectivity index (χ1v) is 9.22. The summed E-state index contributed by atoms with van der Waals surface area (Å²) < 4.78 is 0. The van der Waals surface area contributed by atoms with Crippen LogP contribution in [0.1, 0.15) is 27.9 Å². The summed E-state index contributed by atoms with van der Waals surface area (Å²) in [6.45, 7) is 5.46. The Hall–Kier alpha value is -2.33. The molecule has 0 aromatic heterocycles. The predicted octanol–water partition coefficient (Wildman–Crippen LogP) is 3.00. The Kier molecular flexibility index (Phi) is 4.70. The van der Waals surface area contributed by atoms with Crippen molar-refractivity contribution in [3.63, 3.8) is 0 Å². The van der Waals surface area contributed by atoms with Crippen LogP contribution < -0.4 is 5.32 Å². The quantitative estimate of drug-likeness (QED) is 0.937. The highest BCUT2D eigenvalue weighted by Gasteiger charge is 2.25. The fourth-order valence-electron chi connectivity index (χ4n) is 3.83. The van der Waals surface area contributed by atoms with Gasteiger partial charge in [-0.2, -0.15) is 0 Å². The van der Waals surface area contributed by atoms with Crippen molar-refractivity contribution < 1.29 is 4.79 Å². The largest absolute Gasteiger partial charge is 0.385 e. The first-order valence-electron chi connectivity index (χ1n) is 9.22. The van der Waals surface area contributed by atoms with E-state index < -0.39 is 0 Å². The summed E-state index contributed by atoms with van der Waals surface area (Å²) in [5.74, 6) is 0.194. The van der Waals surface area contributed by atoms with Gasteiger partial charge in [0.25, 0.3) is 5.91 Å². The second-order valence-electron chi connectivity index (χ2n) is 6.92. The number of amides is 1. The van der Waals surface area contributed by atoms with Crippen LogP contribution in [0.25, 0.3) is 0 Å². The molecule has 4 nitrogen and oxygen atoms in total. The number of fused-ring (bicyclic) bond motifs is 1. The first-order chi connectivity index (χ1) is 12.3. The minimum Gasteiger partial charge on any atom is -0.385 e. The van der Waals surface area contributed by atoms with E-state index in [1.54, 1.807) is 0 Å². The standard InChI is InChI=1S/C21H25N3O/c25-21(19-8-4-10-20-18(19)9-5-11-22-20)24-14-12-23(13-15-24)16-17-6-2-1-3-7-17/h1-4,6-8,10,22H,5,9,11-16H2. The highest BCUT2D eigenvalue weighted by Crippen LogP contribution is 2.26. The molecule has 2 aromatic rings. The Balaban J connectivity index is 1.40. The fourth-order valence-corrected chi connectivity index (χ4v) is 3.83. The molecule has 4 heteroatoms. The van der Waals surface area contributed by atoms with Crippen molar-refractivity contribution in [3.05, 3.63) is 65.2 Å². The van der Waals surface area contributed by atoms with E-state index in [1.165, 1.54) is 11.1 Å². The number of anilines is 1. The van der Waals surface area contributed by atoms with Gasteiger partial charge in [-0.1, -0.05) is 36.4 Å². The zero-order chi connectivity index (χ0) is 17.1. The van der Waals surface area contributed by atoms with Gasteiger partial charge in [0.2, 0.25) is 0 Å². The summed E-state index contributed by atoms with van der Waals surface area (Å²) in [7, 11) is 0. The van der Waals surface area contributed by atoms with Crippen LogP contribution in [-0.2, 0) is 13.0 Å². The van der Waals surface area contributed by atoms with E-state index in [2.05, 4.69) is 46.6 Å². The molecule has 1 amide bonds. The maximum absolute atomic E-state index is 13.0. The lowest BCUT2D eigenvalue weighted by molar-refractivity contribution is 0.0627. The van der Waals surface area contributed by atoms with Gasteiger partial charge >= 0.3 is 0 Å². The van der Waals surface area contributed by atoms with Gasteiger partial charge in [0, 0.05) is 50.5 Å².